The number of benzene rings is 1. The van der Waals surface area contributed by atoms with Crippen molar-refractivity contribution in [1.29, 1.82) is 0 Å². The van der Waals surface area contributed by atoms with Crippen LogP contribution in [0.25, 0.3) is 0 Å². The monoisotopic (exact) mass is 398 g/mol. The summed E-state index contributed by atoms with van der Waals surface area (Å²) in [6.45, 7) is 6.50. The van der Waals surface area contributed by atoms with Crippen LogP contribution in [-0.2, 0) is 24.3 Å². The van der Waals surface area contributed by atoms with Gasteiger partial charge >= 0.3 is 5.97 Å². The number of hydrogen-bond acceptors (Lipinski definition) is 6. The van der Waals surface area contributed by atoms with Gasteiger partial charge in [-0.05, 0) is 51.0 Å². The highest BCUT2D eigenvalue weighted by Gasteiger charge is 2.44. The van der Waals surface area contributed by atoms with Crippen molar-refractivity contribution in [2.45, 2.75) is 57.2 Å². The molecule has 0 aliphatic carbocycles. The van der Waals surface area contributed by atoms with Gasteiger partial charge in [0.15, 0.2) is 6.61 Å². The molecule has 1 heterocycles. The van der Waals surface area contributed by atoms with Gasteiger partial charge in [-0.2, -0.15) is 4.31 Å². The van der Waals surface area contributed by atoms with Crippen molar-refractivity contribution in [3.63, 3.8) is 0 Å². The number of β-amino-alcohol motifs (C(OH)–C–C–N with tert-alkyl or cyclic N) is 1. The lowest BCUT2D eigenvalue weighted by Crippen LogP contribution is -2.43. The first kappa shape index (κ1) is 21.3. The van der Waals surface area contributed by atoms with Crippen molar-refractivity contribution < 1.29 is 27.9 Å². The number of ether oxygens (including phenoxy) is 1. The Morgan fingerprint density at radius 2 is 1.96 bits per heavy atom. The van der Waals surface area contributed by atoms with Gasteiger partial charge in [0.2, 0.25) is 10.0 Å². The Hall–Kier alpha value is -1.97. The predicted octanol–water partition coefficient (Wildman–Crippen LogP) is 0.495. The van der Waals surface area contributed by atoms with E-state index < -0.39 is 40.7 Å². The van der Waals surface area contributed by atoms with Crippen LogP contribution >= 0.6 is 0 Å². The quantitative estimate of drug-likeness (QED) is 0.675. The van der Waals surface area contributed by atoms with E-state index in [9.17, 15) is 23.1 Å². The summed E-state index contributed by atoms with van der Waals surface area (Å²) in [4.78, 5) is 24.1. The van der Waals surface area contributed by atoms with E-state index >= 15 is 0 Å². The van der Waals surface area contributed by atoms with Crippen molar-refractivity contribution in [3.8, 4) is 0 Å². The third kappa shape index (κ3) is 5.06. The Morgan fingerprint density at radius 1 is 1.30 bits per heavy atom. The molecule has 1 amide bonds. The fourth-order valence-corrected chi connectivity index (χ4v) is 4.58. The summed E-state index contributed by atoms with van der Waals surface area (Å²) < 4.78 is 31.9. The summed E-state index contributed by atoms with van der Waals surface area (Å²) in [7, 11) is -3.99. The number of nitrogens with one attached hydrogen (secondary N) is 1. The average molecular weight is 398 g/mol. The largest absolute Gasteiger partial charge is 0.454 e. The molecule has 1 aromatic carbocycles. The fraction of sp³-hybridized carbons (Fsp3) is 0.556. The Labute approximate surface area is 159 Å². The number of sulfonamides is 1. The maximum absolute atomic E-state index is 13.0. The summed E-state index contributed by atoms with van der Waals surface area (Å²) >= 11 is 0. The van der Waals surface area contributed by atoms with Gasteiger partial charge in [0.05, 0.1) is 11.0 Å². The number of aryl methyl sites for hydroxylation is 2. The SMILES string of the molecule is Cc1ccc(S(=O)(=O)N2CC(O)C[C@H]2C(=O)OCC(=O)NC(C)C)cc1C. The number of esters is 1. The Morgan fingerprint density at radius 3 is 2.56 bits per heavy atom. The van der Waals surface area contributed by atoms with Crippen LogP contribution in [0.5, 0.6) is 0 Å². The minimum Gasteiger partial charge on any atom is -0.454 e. The first-order valence-electron chi connectivity index (χ1n) is 8.75. The molecule has 9 heteroatoms. The zero-order valence-corrected chi connectivity index (χ0v) is 16.7. The Kier molecular flexibility index (Phi) is 6.61. The van der Waals surface area contributed by atoms with Crippen molar-refractivity contribution in [2.24, 2.45) is 0 Å². The third-order valence-electron chi connectivity index (χ3n) is 4.39. The van der Waals surface area contributed by atoms with Crippen molar-refractivity contribution in [2.75, 3.05) is 13.2 Å². The van der Waals surface area contributed by atoms with E-state index in [1.807, 2.05) is 6.92 Å². The van der Waals surface area contributed by atoms with Crippen LogP contribution < -0.4 is 5.32 Å². The maximum atomic E-state index is 13.0. The van der Waals surface area contributed by atoms with Crippen LogP contribution in [0, 0.1) is 13.8 Å². The van der Waals surface area contributed by atoms with Gasteiger partial charge < -0.3 is 15.2 Å². The van der Waals surface area contributed by atoms with Gasteiger partial charge in [-0.1, -0.05) is 6.07 Å². The minimum atomic E-state index is -3.99. The standard InChI is InChI=1S/C18H26N2O6S/c1-11(2)19-17(22)10-26-18(23)16-8-14(21)9-20(16)27(24,25)15-6-5-12(3)13(4)7-15/h5-7,11,14,16,21H,8-10H2,1-4H3,(H,19,22)/t14?,16-/m0/s1. The Bertz CT molecular complexity index is 821. The topological polar surface area (TPSA) is 113 Å². The molecule has 0 saturated carbocycles. The number of aliphatic hydroxyl groups excluding tert-OH is 1. The van der Waals surface area contributed by atoms with Crippen molar-refractivity contribution >= 4 is 21.9 Å². The number of aliphatic hydroxyl groups is 1. The van der Waals surface area contributed by atoms with E-state index in [0.29, 0.717) is 0 Å². The first-order valence-corrected chi connectivity index (χ1v) is 10.2. The summed E-state index contributed by atoms with van der Waals surface area (Å²) in [5.74, 6) is -1.32. The van der Waals surface area contributed by atoms with Crippen LogP contribution in [0.1, 0.15) is 31.4 Å². The van der Waals surface area contributed by atoms with E-state index in [4.69, 9.17) is 4.74 Å². The third-order valence-corrected chi connectivity index (χ3v) is 6.26. The number of nitrogens with zero attached hydrogens (tertiary/aromatic N) is 1. The number of rotatable bonds is 6. The number of amides is 1. The second kappa shape index (κ2) is 8.37. The zero-order valence-electron chi connectivity index (χ0n) is 15.9. The minimum absolute atomic E-state index is 0.0510. The molecule has 150 valence electrons. The highest BCUT2D eigenvalue weighted by molar-refractivity contribution is 7.89. The van der Waals surface area contributed by atoms with Crippen LogP contribution in [0.3, 0.4) is 0 Å². The van der Waals surface area contributed by atoms with Gasteiger partial charge in [0, 0.05) is 19.0 Å². The summed E-state index contributed by atoms with van der Waals surface area (Å²) in [5.41, 5.74) is 1.75. The molecule has 0 aromatic heterocycles. The van der Waals surface area contributed by atoms with Gasteiger partial charge in [0.1, 0.15) is 6.04 Å². The lowest BCUT2D eigenvalue weighted by Gasteiger charge is -2.23. The lowest BCUT2D eigenvalue weighted by atomic mass is 10.1. The van der Waals surface area contributed by atoms with Crippen molar-refractivity contribution in [3.05, 3.63) is 29.3 Å². The van der Waals surface area contributed by atoms with E-state index in [0.717, 1.165) is 15.4 Å². The molecule has 1 aliphatic heterocycles. The molecule has 8 nitrogen and oxygen atoms in total. The molecule has 1 aromatic rings. The van der Waals surface area contributed by atoms with Crippen LogP contribution in [0.15, 0.2) is 23.1 Å². The average Bonchev–Trinajstić information content (AvgIpc) is 2.97. The molecule has 0 radical (unpaired) electrons. The molecule has 1 fully saturated rings. The number of carbonyl (C=O) groups is 2. The van der Waals surface area contributed by atoms with Gasteiger partial charge in [-0.25, -0.2) is 8.42 Å². The molecule has 2 rings (SSSR count). The van der Waals surface area contributed by atoms with E-state index in [1.54, 1.807) is 26.8 Å². The maximum Gasteiger partial charge on any atom is 0.325 e. The lowest BCUT2D eigenvalue weighted by molar-refractivity contribution is -0.151. The van der Waals surface area contributed by atoms with Gasteiger partial charge in [0.25, 0.3) is 5.91 Å². The van der Waals surface area contributed by atoms with Crippen LogP contribution in [0.4, 0.5) is 0 Å². The van der Waals surface area contributed by atoms with E-state index in [1.165, 1.54) is 12.1 Å². The summed E-state index contributed by atoms with van der Waals surface area (Å²) in [6.07, 6.45) is -1.05. The molecular weight excluding hydrogens is 372 g/mol. The van der Waals surface area contributed by atoms with Gasteiger partial charge in [-0.15, -0.1) is 0 Å². The molecule has 27 heavy (non-hydrogen) atoms. The number of carbonyl (C=O) groups excluding carboxylic acids is 2. The summed E-state index contributed by atoms with van der Waals surface area (Å²) in [6, 6.07) is 3.43. The normalized spacial score (nSPS) is 20.7. The van der Waals surface area contributed by atoms with E-state index in [2.05, 4.69) is 5.32 Å². The first-order chi connectivity index (χ1) is 12.5. The Balaban J connectivity index is 2.18. The molecule has 0 spiro atoms. The molecule has 1 saturated heterocycles. The molecular formula is C18H26N2O6S. The highest BCUT2D eigenvalue weighted by Crippen LogP contribution is 2.28. The van der Waals surface area contributed by atoms with Crippen LogP contribution in [-0.4, -0.2) is 61.0 Å². The second-order valence-corrected chi connectivity index (χ2v) is 8.95. The van der Waals surface area contributed by atoms with Crippen LogP contribution in [0.2, 0.25) is 0 Å². The predicted molar refractivity (Wildman–Crippen MR) is 98.5 cm³/mol. The highest BCUT2D eigenvalue weighted by atomic mass is 32.2. The number of hydrogen-bond donors (Lipinski definition) is 2. The van der Waals surface area contributed by atoms with Gasteiger partial charge in [-0.3, -0.25) is 9.59 Å². The summed E-state index contributed by atoms with van der Waals surface area (Å²) in [5, 5.41) is 12.5. The molecule has 2 N–H and O–H groups in total. The smallest absolute Gasteiger partial charge is 0.325 e. The molecule has 0 bridgehead atoms. The molecule has 2 atom stereocenters. The van der Waals surface area contributed by atoms with Crippen molar-refractivity contribution in [1.82, 2.24) is 9.62 Å². The molecule has 1 unspecified atom stereocenters. The molecule has 1 aliphatic rings. The fourth-order valence-electron chi connectivity index (χ4n) is 2.87. The zero-order chi connectivity index (χ0) is 20.4. The second-order valence-electron chi connectivity index (χ2n) is 7.06. The van der Waals surface area contributed by atoms with E-state index in [-0.39, 0.29) is 23.9 Å².